The van der Waals surface area contributed by atoms with E-state index in [1.807, 2.05) is 18.2 Å². The Morgan fingerprint density at radius 2 is 2.25 bits per heavy atom. The first-order chi connectivity index (χ1) is 9.67. The monoisotopic (exact) mass is 352 g/mol. The second kappa shape index (κ2) is 5.22. The van der Waals surface area contributed by atoms with Gasteiger partial charge in [-0.15, -0.1) is 5.10 Å². The Balaban J connectivity index is 1.97. The van der Waals surface area contributed by atoms with E-state index in [0.717, 1.165) is 10.2 Å². The molecule has 0 bridgehead atoms. The molecular weight excluding hydrogens is 344 g/mol. The number of anilines is 2. The Kier molecular flexibility index (Phi) is 3.41. The molecule has 0 aliphatic heterocycles. The van der Waals surface area contributed by atoms with Gasteiger partial charge in [0.05, 0.1) is 11.6 Å². The van der Waals surface area contributed by atoms with Crippen LogP contribution in [0.3, 0.4) is 0 Å². The van der Waals surface area contributed by atoms with E-state index in [-0.39, 0.29) is 5.56 Å². The highest BCUT2D eigenvalue weighted by atomic mass is 79.9. The summed E-state index contributed by atoms with van der Waals surface area (Å²) in [5, 5.41) is 7.90. The second-order valence-corrected chi connectivity index (χ2v) is 5.67. The fourth-order valence-corrected chi connectivity index (χ4v) is 2.86. The molecular formula is C12H9BrN4O2S. The summed E-state index contributed by atoms with van der Waals surface area (Å²) in [5.41, 5.74) is 0.616. The van der Waals surface area contributed by atoms with Crippen molar-refractivity contribution in [3.05, 3.63) is 45.3 Å². The second-order valence-electron chi connectivity index (χ2n) is 3.86. The highest BCUT2D eigenvalue weighted by Crippen LogP contribution is 2.30. The van der Waals surface area contributed by atoms with Gasteiger partial charge in [-0.1, -0.05) is 11.3 Å². The maximum absolute atomic E-state index is 11.6. The van der Waals surface area contributed by atoms with Crippen molar-refractivity contribution in [3.63, 3.8) is 0 Å². The van der Waals surface area contributed by atoms with Crippen LogP contribution in [0.25, 0.3) is 4.96 Å². The van der Waals surface area contributed by atoms with Crippen molar-refractivity contribution in [3.8, 4) is 5.75 Å². The molecule has 0 aliphatic carbocycles. The summed E-state index contributed by atoms with van der Waals surface area (Å²) >= 11 is 4.69. The minimum Gasteiger partial charge on any atom is -0.495 e. The van der Waals surface area contributed by atoms with Gasteiger partial charge in [0.2, 0.25) is 10.1 Å². The maximum atomic E-state index is 11.6. The predicted octanol–water partition coefficient (Wildman–Crippen LogP) is 2.67. The molecule has 0 unspecified atom stereocenters. The zero-order valence-corrected chi connectivity index (χ0v) is 12.7. The van der Waals surface area contributed by atoms with E-state index in [9.17, 15) is 4.79 Å². The minimum absolute atomic E-state index is 0.201. The van der Waals surface area contributed by atoms with Gasteiger partial charge >= 0.3 is 0 Å². The lowest BCUT2D eigenvalue weighted by Gasteiger charge is -2.06. The number of ether oxygens (including phenoxy) is 1. The number of nitrogens with one attached hydrogen (secondary N) is 1. The van der Waals surface area contributed by atoms with Gasteiger partial charge in [-0.3, -0.25) is 4.79 Å². The molecule has 0 atom stereocenters. The van der Waals surface area contributed by atoms with Crippen molar-refractivity contribution in [2.75, 3.05) is 12.4 Å². The fourth-order valence-electron chi connectivity index (χ4n) is 1.66. The van der Waals surface area contributed by atoms with Crippen LogP contribution in [-0.4, -0.2) is 21.7 Å². The van der Waals surface area contributed by atoms with Gasteiger partial charge in [0.1, 0.15) is 5.75 Å². The Labute approximate surface area is 126 Å². The van der Waals surface area contributed by atoms with Crippen LogP contribution in [-0.2, 0) is 0 Å². The predicted molar refractivity (Wildman–Crippen MR) is 81.1 cm³/mol. The van der Waals surface area contributed by atoms with Crippen LogP contribution in [0.5, 0.6) is 5.75 Å². The number of benzene rings is 1. The molecule has 2 heterocycles. The van der Waals surface area contributed by atoms with E-state index >= 15 is 0 Å². The number of fused-ring (bicyclic) bond motifs is 1. The third kappa shape index (κ3) is 2.39. The van der Waals surface area contributed by atoms with Gasteiger partial charge in [-0.05, 0) is 28.1 Å². The highest BCUT2D eigenvalue weighted by molar-refractivity contribution is 9.10. The molecule has 20 heavy (non-hydrogen) atoms. The lowest BCUT2D eigenvalue weighted by Crippen LogP contribution is -2.12. The van der Waals surface area contributed by atoms with Crippen LogP contribution in [0, 0.1) is 0 Å². The Hall–Kier alpha value is -1.93. The molecule has 102 valence electrons. The molecule has 0 radical (unpaired) electrons. The minimum atomic E-state index is -0.201. The summed E-state index contributed by atoms with van der Waals surface area (Å²) in [6, 6.07) is 6.97. The van der Waals surface area contributed by atoms with Crippen molar-refractivity contribution in [2.45, 2.75) is 0 Å². The van der Waals surface area contributed by atoms with Gasteiger partial charge < -0.3 is 10.1 Å². The van der Waals surface area contributed by atoms with E-state index in [1.165, 1.54) is 28.1 Å². The van der Waals surface area contributed by atoms with Crippen LogP contribution in [0.2, 0.25) is 0 Å². The number of hydrogen-bond acceptors (Lipinski definition) is 6. The zero-order valence-electron chi connectivity index (χ0n) is 10.3. The number of hydrogen-bond donors (Lipinski definition) is 1. The van der Waals surface area contributed by atoms with E-state index in [1.54, 1.807) is 7.11 Å². The smallest absolute Gasteiger partial charge is 0.275 e. The Morgan fingerprint density at radius 1 is 1.40 bits per heavy atom. The standard InChI is InChI=1S/C12H9BrN4O2S/c1-19-9-6-7(2-3-8(9)13)15-11-16-17-10(18)4-5-14-12(17)20-11/h2-6H,1H3,(H,15,16). The van der Waals surface area contributed by atoms with Gasteiger partial charge in [0.15, 0.2) is 0 Å². The number of methoxy groups -OCH3 is 1. The van der Waals surface area contributed by atoms with Gasteiger partial charge in [0, 0.05) is 24.0 Å². The van der Waals surface area contributed by atoms with Crippen LogP contribution >= 0.6 is 27.3 Å². The first-order valence-corrected chi connectivity index (χ1v) is 7.24. The molecule has 0 spiro atoms. The fraction of sp³-hybridized carbons (Fsp3) is 0.0833. The summed E-state index contributed by atoms with van der Waals surface area (Å²) < 4.78 is 7.37. The van der Waals surface area contributed by atoms with E-state index < -0.39 is 0 Å². The first kappa shape index (κ1) is 13.1. The number of rotatable bonds is 3. The van der Waals surface area contributed by atoms with E-state index in [0.29, 0.717) is 15.8 Å². The summed E-state index contributed by atoms with van der Waals surface area (Å²) in [4.78, 5) is 16.2. The topological polar surface area (TPSA) is 68.5 Å². The SMILES string of the molecule is COc1cc(Nc2nn3c(=O)ccnc3s2)ccc1Br. The van der Waals surface area contributed by atoms with Crippen molar-refractivity contribution < 1.29 is 4.74 Å². The summed E-state index contributed by atoms with van der Waals surface area (Å²) in [6.07, 6.45) is 1.47. The summed E-state index contributed by atoms with van der Waals surface area (Å²) in [7, 11) is 1.60. The molecule has 0 aliphatic rings. The lowest BCUT2D eigenvalue weighted by atomic mass is 10.3. The van der Waals surface area contributed by atoms with Crippen LogP contribution in [0.4, 0.5) is 10.8 Å². The van der Waals surface area contributed by atoms with Crippen LogP contribution in [0.15, 0.2) is 39.7 Å². The Morgan fingerprint density at radius 3 is 3.00 bits per heavy atom. The molecule has 3 rings (SSSR count). The zero-order chi connectivity index (χ0) is 14.1. The molecule has 2 aromatic heterocycles. The largest absolute Gasteiger partial charge is 0.495 e. The summed E-state index contributed by atoms with van der Waals surface area (Å²) in [5.74, 6) is 0.714. The quantitative estimate of drug-likeness (QED) is 0.784. The molecule has 6 nitrogen and oxygen atoms in total. The molecule has 3 aromatic rings. The number of aromatic nitrogens is 3. The third-order valence-electron chi connectivity index (χ3n) is 2.57. The molecule has 1 N–H and O–H groups in total. The average Bonchev–Trinajstić information content (AvgIpc) is 2.85. The highest BCUT2D eigenvalue weighted by Gasteiger charge is 2.07. The van der Waals surface area contributed by atoms with E-state index in [2.05, 4.69) is 31.3 Å². The van der Waals surface area contributed by atoms with Gasteiger partial charge in [0.25, 0.3) is 5.56 Å². The van der Waals surface area contributed by atoms with Crippen LogP contribution in [0.1, 0.15) is 0 Å². The van der Waals surface area contributed by atoms with Crippen LogP contribution < -0.4 is 15.6 Å². The van der Waals surface area contributed by atoms with Crippen molar-refractivity contribution >= 4 is 43.0 Å². The lowest BCUT2D eigenvalue weighted by molar-refractivity contribution is 0.412. The Bertz CT molecular complexity index is 830. The van der Waals surface area contributed by atoms with Crippen molar-refractivity contribution in [1.82, 2.24) is 14.6 Å². The molecule has 0 fully saturated rings. The molecule has 1 aromatic carbocycles. The third-order valence-corrected chi connectivity index (χ3v) is 4.07. The van der Waals surface area contributed by atoms with Gasteiger partial charge in [-0.2, -0.15) is 4.52 Å². The van der Waals surface area contributed by atoms with Crippen molar-refractivity contribution in [2.24, 2.45) is 0 Å². The molecule has 0 saturated carbocycles. The van der Waals surface area contributed by atoms with E-state index in [4.69, 9.17) is 4.74 Å². The summed E-state index contributed by atoms with van der Waals surface area (Å²) in [6.45, 7) is 0. The average molecular weight is 353 g/mol. The molecule has 0 amide bonds. The maximum Gasteiger partial charge on any atom is 0.275 e. The number of nitrogens with zero attached hydrogens (tertiary/aromatic N) is 3. The molecule has 0 saturated heterocycles. The normalized spacial score (nSPS) is 10.7. The van der Waals surface area contributed by atoms with Gasteiger partial charge in [-0.25, -0.2) is 4.98 Å². The van der Waals surface area contributed by atoms with Crippen molar-refractivity contribution in [1.29, 1.82) is 0 Å². The molecule has 8 heteroatoms. The number of halogens is 1. The first-order valence-electron chi connectivity index (χ1n) is 5.63.